The van der Waals surface area contributed by atoms with Crippen LogP contribution < -0.4 is 10.1 Å². The summed E-state index contributed by atoms with van der Waals surface area (Å²) in [6.45, 7) is -8.34. The van der Waals surface area contributed by atoms with E-state index in [4.69, 9.17) is 26.5 Å². The highest BCUT2D eigenvalue weighted by Crippen LogP contribution is 2.26. The van der Waals surface area contributed by atoms with Gasteiger partial charge in [-0.1, -0.05) is 30.4 Å². The maximum absolute atomic E-state index is 8.70. The normalized spacial score (nSPS) is 27.3. The first-order chi connectivity index (χ1) is 20.6. The molecular weight excluding hydrogens is 440 g/mol. The molecule has 1 fully saturated rings. The molecule has 3 aromatic rings. The molecule has 3 heterocycles. The van der Waals surface area contributed by atoms with Crippen molar-refractivity contribution in [1.29, 1.82) is 0 Å². The molecule has 0 aliphatic carbocycles. The van der Waals surface area contributed by atoms with Crippen LogP contribution in [0.4, 0.5) is 11.6 Å². The van der Waals surface area contributed by atoms with Crippen LogP contribution in [-0.4, -0.2) is 54.2 Å². The fourth-order valence-corrected chi connectivity index (χ4v) is 3.81. The Morgan fingerprint density at radius 3 is 2.77 bits per heavy atom. The summed E-state index contributed by atoms with van der Waals surface area (Å²) in [7, 11) is 0. The topological polar surface area (TPSA) is 68.7 Å². The number of fused-ring (bicyclic) bond motifs is 7. The van der Waals surface area contributed by atoms with Crippen LogP contribution in [0, 0.1) is 0 Å². The van der Waals surface area contributed by atoms with E-state index in [2.05, 4.69) is 20.2 Å². The molecule has 1 saturated heterocycles. The minimum Gasteiger partial charge on any atom is -0.492 e. The van der Waals surface area contributed by atoms with E-state index in [-0.39, 0.29) is 41.3 Å². The lowest BCUT2D eigenvalue weighted by Crippen LogP contribution is -2.25. The molecule has 2 aliphatic heterocycles. The summed E-state index contributed by atoms with van der Waals surface area (Å²) < 4.78 is 91.7. The summed E-state index contributed by atoms with van der Waals surface area (Å²) >= 11 is 0. The molecule has 0 atom stereocenters. The first-order valence-electron chi connectivity index (χ1n) is 15.9. The van der Waals surface area contributed by atoms with Crippen LogP contribution >= 0.6 is 0 Å². The van der Waals surface area contributed by atoms with Crippen molar-refractivity contribution in [3.05, 3.63) is 78.0 Å². The number of likely N-dealkylation sites (tertiary alicyclic amines) is 1. The lowest BCUT2D eigenvalue weighted by Gasteiger charge is -2.17. The molecule has 6 bridgehead atoms. The molecule has 7 heteroatoms. The van der Waals surface area contributed by atoms with Crippen molar-refractivity contribution >= 4 is 11.6 Å². The molecule has 0 amide bonds. The number of benzene rings is 2. The number of nitrogens with one attached hydrogen (secondary N) is 1. The molecular formula is C28H32N4O3. The van der Waals surface area contributed by atoms with Gasteiger partial charge in [0.2, 0.25) is 5.95 Å². The second-order valence-corrected chi connectivity index (χ2v) is 8.00. The second-order valence-electron chi connectivity index (χ2n) is 8.00. The number of rotatable bonds is 4. The van der Waals surface area contributed by atoms with Gasteiger partial charge in [-0.3, -0.25) is 4.90 Å². The van der Waals surface area contributed by atoms with Crippen LogP contribution in [0.15, 0.2) is 66.9 Å². The number of nitrogens with zero attached hydrogens (tertiary/aromatic N) is 3. The molecule has 0 radical (unpaired) electrons. The first-order valence-corrected chi connectivity index (χ1v) is 11.4. The summed E-state index contributed by atoms with van der Waals surface area (Å²) in [5.41, 5.74) is 0.808. The number of hydrogen-bond donors (Lipinski definition) is 1. The predicted molar refractivity (Wildman–Crippen MR) is 137 cm³/mol. The average molecular weight is 482 g/mol. The predicted octanol–water partition coefficient (Wildman–Crippen LogP) is 4.96. The van der Waals surface area contributed by atoms with E-state index in [0.29, 0.717) is 29.9 Å². The Morgan fingerprint density at radius 2 is 1.89 bits per heavy atom. The zero-order valence-corrected chi connectivity index (χ0v) is 19.1. The van der Waals surface area contributed by atoms with Gasteiger partial charge in [-0.05, 0) is 61.8 Å². The molecule has 7 nitrogen and oxygen atoms in total. The van der Waals surface area contributed by atoms with E-state index in [0.717, 1.165) is 25.9 Å². The summed E-state index contributed by atoms with van der Waals surface area (Å²) in [6, 6.07) is 11.9. The van der Waals surface area contributed by atoms with Gasteiger partial charge in [0, 0.05) is 29.5 Å². The van der Waals surface area contributed by atoms with Crippen molar-refractivity contribution in [1.82, 2.24) is 14.9 Å². The van der Waals surface area contributed by atoms with Crippen LogP contribution in [-0.2, 0) is 22.6 Å². The third-order valence-electron chi connectivity index (χ3n) is 5.52. The number of anilines is 2. The standard InChI is InChI=1S/C28H32N4O3/c1-2-13-32(12-1)14-17-35-27-9-8-25-19-24(27)21-34-16-4-3-15-33-20-22-6-5-7-23(18-22)26-10-11-29-28(30-25)31-26/h3-11,18-19H,1-2,12-17,20-21H2,(H,29,30,31)/b4-3+/i11D,15D2,16D2,20D2,21D2. The molecule has 0 saturated carbocycles. The number of ether oxygens (including phenoxy) is 3. The van der Waals surface area contributed by atoms with Crippen LogP contribution in [0.1, 0.15) is 36.3 Å². The average Bonchev–Trinajstić information content (AvgIpc) is 3.45. The smallest absolute Gasteiger partial charge is 0.227 e. The molecule has 5 rings (SSSR count). The van der Waals surface area contributed by atoms with Gasteiger partial charge in [-0.15, -0.1) is 0 Å². The van der Waals surface area contributed by atoms with Gasteiger partial charge in [-0.2, -0.15) is 0 Å². The van der Waals surface area contributed by atoms with Crippen LogP contribution in [0.2, 0.25) is 0 Å². The molecule has 1 aromatic heterocycles. The lowest BCUT2D eigenvalue weighted by molar-refractivity contribution is 0.138. The maximum Gasteiger partial charge on any atom is 0.227 e. The summed E-state index contributed by atoms with van der Waals surface area (Å²) in [6.07, 6.45) is 3.35. The van der Waals surface area contributed by atoms with Crippen LogP contribution in [0.5, 0.6) is 5.75 Å². The lowest BCUT2D eigenvalue weighted by atomic mass is 10.1. The van der Waals surface area contributed by atoms with Gasteiger partial charge in [0.1, 0.15) is 12.4 Å². The highest BCUT2D eigenvalue weighted by Gasteiger charge is 2.13. The molecule has 35 heavy (non-hydrogen) atoms. The van der Waals surface area contributed by atoms with Crippen molar-refractivity contribution in [2.24, 2.45) is 0 Å². The Bertz CT molecular complexity index is 1530. The third-order valence-corrected chi connectivity index (χ3v) is 5.52. The number of hydrogen-bond acceptors (Lipinski definition) is 7. The second kappa shape index (κ2) is 11.9. The minimum absolute atomic E-state index is 0.00278. The Balaban J connectivity index is 1.58. The quantitative estimate of drug-likeness (QED) is 0.528. The van der Waals surface area contributed by atoms with Crippen molar-refractivity contribution in [3.8, 4) is 17.0 Å². The van der Waals surface area contributed by atoms with Gasteiger partial charge >= 0.3 is 0 Å². The Hall–Kier alpha value is -3.26. The van der Waals surface area contributed by atoms with Gasteiger partial charge in [0.05, 0.1) is 44.3 Å². The highest BCUT2D eigenvalue weighted by molar-refractivity contribution is 5.63. The van der Waals surface area contributed by atoms with Gasteiger partial charge in [0.15, 0.2) is 0 Å². The van der Waals surface area contributed by atoms with E-state index < -0.39 is 26.2 Å². The SMILES string of the molecule is [2H]c1cc2nc(n1)Nc1ccc(OCCN3CCCC3)c(c1)C([2H])([2H])OC([2H])([2H])/C=C/C([2H])([2H])OC([2H])([2H])c1cccc-2c1. The largest absolute Gasteiger partial charge is 0.492 e. The molecule has 2 aliphatic rings. The molecule has 182 valence electrons. The van der Waals surface area contributed by atoms with E-state index in [1.54, 1.807) is 12.1 Å². The Morgan fingerprint density at radius 1 is 1.03 bits per heavy atom. The zero-order valence-electron chi connectivity index (χ0n) is 28.1. The third kappa shape index (κ3) is 6.66. The van der Waals surface area contributed by atoms with Crippen LogP contribution in [0.3, 0.4) is 0 Å². The van der Waals surface area contributed by atoms with Crippen molar-refractivity contribution in [2.45, 2.75) is 26.0 Å². The molecule has 1 N–H and O–H groups in total. The van der Waals surface area contributed by atoms with Crippen molar-refractivity contribution < 1.29 is 26.5 Å². The Labute approximate surface area is 219 Å². The van der Waals surface area contributed by atoms with E-state index >= 15 is 0 Å². The minimum atomic E-state index is -2.86. The van der Waals surface area contributed by atoms with Crippen molar-refractivity contribution in [2.75, 3.05) is 44.7 Å². The van der Waals surface area contributed by atoms with E-state index in [1.165, 1.54) is 36.4 Å². The molecule has 0 spiro atoms. The summed E-state index contributed by atoms with van der Waals surface area (Å²) in [4.78, 5) is 10.8. The summed E-state index contributed by atoms with van der Waals surface area (Å²) in [5.74, 6) is 0.122. The molecule has 2 aromatic carbocycles. The molecule has 0 unspecified atom stereocenters. The fraction of sp³-hybridized carbons (Fsp3) is 0.357. The van der Waals surface area contributed by atoms with Gasteiger partial charge < -0.3 is 19.5 Å². The van der Waals surface area contributed by atoms with Gasteiger partial charge in [0.25, 0.3) is 0 Å². The zero-order chi connectivity index (χ0) is 31.8. The van der Waals surface area contributed by atoms with Crippen LogP contribution in [0.25, 0.3) is 11.3 Å². The Kier molecular flexibility index (Phi) is 5.11. The summed E-state index contributed by atoms with van der Waals surface area (Å²) in [5, 5.41) is 2.97. The number of aromatic nitrogens is 2. The maximum atomic E-state index is 8.70. The first kappa shape index (κ1) is 15.0. The van der Waals surface area contributed by atoms with Gasteiger partial charge in [-0.25, -0.2) is 9.97 Å². The monoisotopic (exact) mass is 481 g/mol. The fourth-order valence-electron chi connectivity index (χ4n) is 3.81. The highest BCUT2D eigenvalue weighted by atomic mass is 16.5. The van der Waals surface area contributed by atoms with Crippen molar-refractivity contribution in [3.63, 3.8) is 0 Å². The van der Waals surface area contributed by atoms with E-state index in [9.17, 15) is 0 Å². The van der Waals surface area contributed by atoms with E-state index in [1.807, 2.05) is 0 Å².